The molecule has 0 N–H and O–H groups in total. The molecule has 1 amide bonds. The first kappa shape index (κ1) is 20.8. The van der Waals surface area contributed by atoms with Crippen molar-refractivity contribution >= 4 is 23.3 Å². The predicted octanol–water partition coefficient (Wildman–Crippen LogP) is 2.14. The zero-order chi connectivity index (χ0) is 21.8. The molecule has 0 radical (unpaired) electrons. The second-order valence-electron chi connectivity index (χ2n) is 7.48. The zero-order valence-corrected chi connectivity index (χ0v) is 17.8. The molecule has 1 fully saturated rings. The van der Waals surface area contributed by atoms with E-state index in [1.165, 1.54) is 6.33 Å². The summed E-state index contributed by atoms with van der Waals surface area (Å²) in [6.45, 7) is 7.02. The number of nitrogens with zero attached hydrogens (tertiary/aromatic N) is 6. The molecule has 9 nitrogen and oxygen atoms in total. The van der Waals surface area contributed by atoms with Crippen LogP contribution >= 0.6 is 0 Å². The lowest BCUT2D eigenvalue weighted by molar-refractivity contribution is -0.131. The Labute approximate surface area is 180 Å². The molecule has 1 aliphatic rings. The normalized spacial score (nSPS) is 14.1. The second-order valence-corrected chi connectivity index (χ2v) is 7.48. The maximum Gasteiger partial charge on any atom is 0.254 e. The summed E-state index contributed by atoms with van der Waals surface area (Å²) in [7, 11) is 0. The zero-order valence-electron chi connectivity index (χ0n) is 17.8. The van der Waals surface area contributed by atoms with Gasteiger partial charge in [-0.25, -0.2) is 4.98 Å². The van der Waals surface area contributed by atoms with E-state index < -0.39 is 0 Å². The average Bonchev–Trinajstić information content (AvgIpc) is 3.26. The molecule has 2 aromatic heterocycles. The van der Waals surface area contributed by atoms with Crippen LogP contribution in [-0.4, -0.2) is 69.0 Å². The summed E-state index contributed by atoms with van der Waals surface area (Å²) >= 11 is 0. The molecule has 0 saturated carbocycles. The van der Waals surface area contributed by atoms with Gasteiger partial charge in [0.05, 0.1) is 6.61 Å². The lowest BCUT2D eigenvalue weighted by Gasteiger charge is -2.36. The minimum atomic E-state index is -0.0316. The maximum atomic E-state index is 12.6. The van der Waals surface area contributed by atoms with Gasteiger partial charge in [0.15, 0.2) is 5.78 Å². The number of benzene rings is 1. The molecule has 3 heterocycles. The number of hydrogen-bond donors (Lipinski definition) is 0. The molecule has 0 aliphatic carbocycles. The van der Waals surface area contributed by atoms with Crippen LogP contribution in [0.15, 0.2) is 36.7 Å². The number of fused-ring (bicyclic) bond motifs is 1. The van der Waals surface area contributed by atoms with E-state index in [1.807, 2.05) is 24.8 Å². The van der Waals surface area contributed by atoms with Crippen molar-refractivity contribution in [3.63, 3.8) is 0 Å². The van der Waals surface area contributed by atoms with Gasteiger partial charge in [-0.2, -0.15) is 14.6 Å². The fourth-order valence-corrected chi connectivity index (χ4v) is 3.75. The summed E-state index contributed by atoms with van der Waals surface area (Å²) in [4.78, 5) is 37.6. The molecule has 1 aliphatic heterocycles. The van der Waals surface area contributed by atoms with Gasteiger partial charge in [0.25, 0.3) is 5.78 Å². The lowest BCUT2D eigenvalue weighted by atomic mass is 10.1. The Morgan fingerprint density at radius 2 is 1.81 bits per heavy atom. The predicted molar refractivity (Wildman–Crippen MR) is 115 cm³/mol. The minimum Gasteiger partial charge on any atom is -0.494 e. The van der Waals surface area contributed by atoms with Crippen LogP contribution in [0.1, 0.15) is 35.8 Å². The number of hydrogen-bond acceptors (Lipinski definition) is 7. The maximum absolute atomic E-state index is 12.6. The van der Waals surface area contributed by atoms with Gasteiger partial charge in [-0.15, -0.1) is 0 Å². The second kappa shape index (κ2) is 9.11. The molecule has 9 heteroatoms. The van der Waals surface area contributed by atoms with Crippen molar-refractivity contribution in [2.75, 3.05) is 37.7 Å². The lowest BCUT2D eigenvalue weighted by Crippen LogP contribution is -2.49. The molecular weight excluding hydrogens is 396 g/mol. The van der Waals surface area contributed by atoms with Crippen molar-refractivity contribution in [3.8, 4) is 5.75 Å². The van der Waals surface area contributed by atoms with Gasteiger partial charge >= 0.3 is 0 Å². The number of aryl methyl sites for hydroxylation is 1. The van der Waals surface area contributed by atoms with Gasteiger partial charge < -0.3 is 14.5 Å². The molecule has 0 spiro atoms. The summed E-state index contributed by atoms with van der Waals surface area (Å²) in [6, 6.07) is 9.04. The Balaban J connectivity index is 1.30. The van der Waals surface area contributed by atoms with Crippen LogP contribution in [0, 0.1) is 6.92 Å². The van der Waals surface area contributed by atoms with Crippen molar-refractivity contribution in [2.24, 2.45) is 0 Å². The first-order valence-corrected chi connectivity index (χ1v) is 10.5. The number of rotatable bonds is 7. The molecule has 0 bridgehead atoms. The van der Waals surface area contributed by atoms with Gasteiger partial charge in [-0.3, -0.25) is 9.59 Å². The Bertz CT molecular complexity index is 1070. The summed E-state index contributed by atoms with van der Waals surface area (Å²) in [6.07, 6.45) is 1.91. The minimum absolute atomic E-state index is 0.00995. The van der Waals surface area contributed by atoms with E-state index in [0.29, 0.717) is 44.1 Å². The Morgan fingerprint density at radius 3 is 2.52 bits per heavy atom. The number of Topliss-reactive ketones (excluding diaryl/α,β-unsaturated/α-hetero) is 1. The number of piperazine rings is 1. The smallest absolute Gasteiger partial charge is 0.254 e. The van der Waals surface area contributed by atoms with Crippen LogP contribution in [0.5, 0.6) is 5.75 Å². The van der Waals surface area contributed by atoms with Crippen molar-refractivity contribution in [2.45, 2.75) is 26.7 Å². The quantitative estimate of drug-likeness (QED) is 0.539. The summed E-state index contributed by atoms with van der Waals surface area (Å²) in [5.41, 5.74) is 1.48. The third-order valence-corrected chi connectivity index (χ3v) is 5.37. The van der Waals surface area contributed by atoms with E-state index in [4.69, 9.17) is 4.74 Å². The number of carbonyl (C=O) groups excluding carboxylic acids is 2. The van der Waals surface area contributed by atoms with Gasteiger partial charge in [-0.05, 0) is 38.1 Å². The molecular formula is C22H26N6O3. The number of aromatic nitrogens is 4. The largest absolute Gasteiger partial charge is 0.494 e. The number of anilines is 1. The monoisotopic (exact) mass is 422 g/mol. The van der Waals surface area contributed by atoms with Gasteiger partial charge in [0, 0.05) is 56.3 Å². The average molecular weight is 422 g/mol. The molecule has 1 saturated heterocycles. The molecule has 1 aromatic carbocycles. The molecule has 4 rings (SSSR count). The van der Waals surface area contributed by atoms with E-state index in [9.17, 15) is 9.59 Å². The van der Waals surface area contributed by atoms with Crippen molar-refractivity contribution < 1.29 is 14.3 Å². The number of amides is 1. The summed E-state index contributed by atoms with van der Waals surface area (Å²) in [5.74, 6) is 2.21. The van der Waals surface area contributed by atoms with E-state index in [2.05, 4.69) is 20.0 Å². The first-order chi connectivity index (χ1) is 15.0. The Kier molecular flexibility index (Phi) is 6.11. The van der Waals surface area contributed by atoms with Gasteiger partial charge in [0.2, 0.25) is 5.91 Å². The van der Waals surface area contributed by atoms with Crippen LogP contribution in [0.3, 0.4) is 0 Å². The Hall–Kier alpha value is -3.49. The standard InChI is InChI=1S/C22H26N6O3/c1-3-31-18-6-4-17(5-7-18)19(29)8-9-21(30)27-12-10-26(11-13-27)20-14-16(2)25-22-23-15-24-28(20)22/h4-7,14-15H,3,8-13H2,1-2H3. The molecule has 31 heavy (non-hydrogen) atoms. The molecule has 3 aromatic rings. The number of carbonyl (C=O) groups is 2. The fraction of sp³-hybridized carbons (Fsp3) is 0.409. The SMILES string of the molecule is CCOc1ccc(C(=O)CCC(=O)N2CCN(c3cc(C)nc4ncnn34)CC2)cc1. The van der Waals surface area contributed by atoms with E-state index >= 15 is 0 Å². The van der Waals surface area contributed by atoms with Crippen LogP contribution in [-0.2, 0) is 4.79 Å². The van der Waals surface area contributed by atoms with E-state index in [0.717, 1.165) is 17.3 Å². The first-order valence-electron chi connectivity index (χ1n) is 10.5. The van der Waals surface area contributed by atoms with Gasteiger partial charge in [-0.1, -0.05) is 0 Å². The number of ketones is 1. The van der Waals surface area contributed by atoms with Crippen LogP contribution < -0.4 is 9.64 Å². The van der Waals surface area contributed by atoms with E-state index in [-0.39, 0.29) is 24.5 Å². The fourth-order valence-electron chi connectivity index (χ4n) is 3.75. The van der Waals surface area contributed by atoms with E-state index in [1.54, 1.807) is 28.8 Å². The highest BCUT2D eigenvalue weighted by molar-refractivity contribution is 5.98. The topological polar surface area (TPSA) is 92.9 Å². The van der Waals surface area contributed by atoms with Crippen molar-refractivity contribution in [3.05, 3.63) is 47.9 Å². The molecule has 162 valence electrons. The third kappa shape index (κ3) is 4.65. The molecule has 0 unspecified atom stereocenters. The Morgan fingerprint density at radius 1 is 1.06 bits per heavy atom. The highest BCUT2D eigenvalue weighted by Gasteiger charge is 2.23. The number of ether oxygens (including phenoxy) is 1. The molecule has 0 atom stereocenters. The summed E-state index contributed by atoms with van der Waals surface area (Å²) in [5, 5.41) is 4.26. The van der Waals surface area contributed by atoms with Crippen molar-refractivity contribution in [1.29, 1.82) is 0 Å². The summed E-state index contributed by atoms with van der Waals surface area (Å²) < 4.78 is 7.12. The highest BCUT2D eigenvalue weighted by Crippen LogP contribution is 2.19. The van der Waals surface area contributed by atoms with Crippen LogP contribution in [0.2, 0.25) is 0 Å². The van der Waals surface area contributed by atoms with Crippen LogP contribution in [0.25, 0.3) is 5.78 Å². The van der Waals surface area contributed by atoms with Gasteiger partial charge in [0.1, 0.15) is 17.9 Å². The highest BCUT2D eigenvalue weighted by atomic mass is 16.5. The van der Waals surface area contributed by atoms with Crippen molar-refractivity contribution in [1.82, 2.24) is 24.5 Å². The third-order valence-electron chi connectivity index (χ3n) is 5.37. The van der Waals surface area contributed by atoms with Crippen LogP contribution in [0.4, 0.5) is 5.82 Å².